The first-order chi connectivity index (χ1) is 25.4. The van der Waals surface area contributed by atoms with Crippen molar-refractivity contribution < 1.29 is 22.8 Å². The lowest BCUT2D eigenvalue weighted by Crippen LogP contribution is -2.52. The molecule has 4 N–H and O–H groups in total. The summed E-state index contributed by atoms with van der Waals surface area (Å²) in [5.74, 6) is 0.547. The van der Waals surface area contributed by atoms with Crippen molar-refractivity contribution in [2.75, 3.05) is 70.5 Å². The molecule has 0 aliphatic carbocycles. The van der Waals surface area contributed by atoms with Crippen LogP contribution in [-0.2, 0) is 25.6 Å². The summed E-state index contributed by atoms with van der Waals surface area (Å²) >= 11 is 6.27. The number of halogens is 4. The van der Waals surface area contributed by atoms with E-state index in [-0.39, 0.29) is 35.1 Å². The number of piperazine rings is 1. The van der Waals surface area contributed by atoms with E-state index in [0.29, 0.717) is 44.8 Å². The normalized spacial score (nSPS) is 18.5. The van der Waals surface area contributed by atoms with Crippen LogP contribution in [0, 0.1) is 0 Å². The number of likely N-dealkylation sites (N-methyl/N-ethyl adjacent to an activating group) is 1. The number of aromatic nitrogens is 2. The average molecular weight is 752 g/mol. The fourth-order valence-electron chi connectivity index (χ4n) is 7.74. The highest BCUT2D eigenvalue weighted by Gasteiger charge is 2.36. The van der Waals surface area contributed by atoms with Gasteiger partial charge in [-0.05, 0) is 67.8 Å². The Morgan fingerprint density at radius 2 is 1.72 bits per heavy atom. The number of alkyl halides is 3. The van der Waals surface area contributed by atoms with Crippen LogP contribution in [0.5, 0.6) is 0 Å². The van der Waals surface area contributed by atoms with Gasteiger partial charge in [-0.25, -0.2) is 14.6 Å². The second-order valence-electron chi connectivity index (χ2n) is 14.2. The molecule has 0 radical (unpaired) electrons. The number of anilines is 2. The molecule has 3 aliphatic heterocycles. The van der Waals surface area contributed by atoms with Crippen molar-refractivity contribution in [1.82, 2.24) is 34.5 Å². The zero-order chi connectivity index (χ0) is 37.3. The smallest absolute Gasteiger partial charge is 0.397 e. The number of carbonyl (C=O) groups excluding carboxylic acids is 2. The summed E-state index contributed by atoms with van der Waals surface area (Å²) in [5, 5.41) is 5.98. The number of carbonyl (C=O) groups is 2. The second-order valence-corrected chi connectivity index (χ2v) is 14.7. The van der Waals surface area contributed by atoms with Crippen LogP contribution < -0.4 is 16.4 Å². The molecular formula is C38H45ClF3N9O2. The second kappa shape index (κ2) is 15.4. The Labute approximate surface area is 311 Å². The van der Waals surface area contributed by atoms with Crippen molar-refractivity contribution in [3.8, 4) is 0 Å². The van der Waals surface area contributed by atoms with Crippen molar-refractivity contribution in [2.45, 2.75) is 50.5 Å². The number of rotatable bonds is 8. The molecule has 3 aromatic carbocycles. The average Bonchev–Trinajstić information content (AvgIpc) is 3.42. The highest BCUT2D eigenvalue weighted by molar-refractivity contribution is 6.33. The third kappa shape index (κ3) is 8.19. The van der Waals surface area contributed by atoms with Crippen molar-refractivity contribution in [1.29, 1.82) is 0 Å². The van der Waals surface area contributed by atoms with Gasteiger partial charge in [0.2, 0.25) is 0 Å². The molecule has 0 saturated carbocycles. The van der Waals surface area contributed by atoms with E-state index in [1.807, 2.05) is 53.4 Å². The van der Waals surface area contributed by atoms with Crippen molar-refractivity contribution in [2.24, 2.45) is 0 Å². The van der Waals surface area contributed by atoms with Crippen LogP contribution in [0.4, 0.5) is 34.1 Å². The molecule has 4 heterocycles. The molecule has 2 saturated heterocycles. The van der Waals surface area contributed by atoms with Gasteiger partial charge in [0, 0.05) is 77.1 Å². The van der Waals surface area contributed by atoms with Gasteiger partial charge in [0.15, 0.2) is 0 Å². The molecule has 3 aliphatic rings. The number of nitrogen functional groups attached to an aromatic ring is 1. The summed E-state index contributed by atoms with van der Waals surface area (Å²) in [6.07, 6.45) is -2.80. The van der Waals surface area contributed by atoms with Crippen molar-refractivity contribution in [3.63, 3.8) is 0 Å². The lowest BCUT2D eigenvalue weighted by Gasteiger charge is -2.38. The van der Waals surface area contributed by atoms with Gasteiger partial charge in [0.05, 0.1) is 33.3 Å². The molecule has 4 amide bonds. The first-order valence-electron chi connectivity index (χ1n) is 18.2. The Hall–Kier alpha value is -4.53. The molecule has 2 fully saturated rings. The van der Waals surface area contributed by atoms with E-state index in [0.717, 1.165) is 67.5 Å². The zero-order valence-electron chi connectivity index (χ0n) is 29.7. The maximum absolute atomic E-state index is 14.1. The topological polar surface area (TPSA) is 115 Å². The van der Waals surface area contributed by atoms with Crippen molar-refractivity contribution >= 4 is 46.1 Å². The fourth-order valence-corrected chi connectivity index (χ4v) is 7.98. The van der Waals surface area contributed by atoms with Crippen LogP contribution in [0.2, 0.25) is 5.02 Å². The Kier molecular flexibility index (Phi) is 10.7. The SMILES string of the molecule is CN1CCN(CCn2c(C(Cc3cc(Cl)c(N)c(C(F)(F)F)c3)NC(=O)N3CCC(N4CCc5ccccc5NC4=O)CC3)nc3ccccc32)CC1. The monoisotopic (exact) mass is 751 g/mol. The summed E-state index contributed by atoms with van der Waals surface area (Å²) in [6.45, 7) is 6.49. The Balaban J connectivity index is 1.13. The number of imidazole rings is 1. The zero-order valence-corrected chi connectivity index (χ0v) is 30.5. The molecule has 0 bridgehead atoms. The summed E-state index contributed by atoms with van der Waals surface area (Å²) in [7, 11) is 2.10. The quantitative estimate of drug-likeness (QED) is 0.188. The standard InChI is InChI=1S/C38H45ClF3N9O2/c1-47-16-18-48(19-17-47)20-21-51-33-9-5-4-8-31(33)44-35(51)32(24-25-22-28(38(40,41)42)34(43)29(39)23-25)46-36(52)49-13-11-27(12-14-49)50-15-10-26-6-2-3-7-30(26)45-37(50)53/h2-9,22-23,27,32H,10-21,24,43H2,1H3,(H,45,53)(H,46,52). The third-order valence-corrected chi connectivity index (χ3v) is 11.1. The number of hydrogen-bond donors (Lipinski definition) is 3. The van der Waals surface area contributed by atoms with E-state index in [2.05, 4.69) is 32.0 Å². The number of fused-ring (bicyclic) bond motifs is 2. The number of nitrogens with one attached hydrogen (secondary N) is 2. The van der Waals surface area contributed by atoms with Gasteiger partial charge in [-0.2, -0.15) is 13.2 Å². The van der Waals surface area contributed by atoms with Gasteiger partial charge in [0.1, 0.15) is 5.82 Å². The van der Waals surface area contributed by atoms with E-state index in [1.165, 1.54) is 6.07 Å². The maximum atomic E-state index is 14.1. The van der Waals surface area contributed by atoms with Gasteiger partial charge < -0.3 is 35.6 Å². The summed E-state index contributed by atoms with van der Waals surface area (Å²) in [6, 6.07) is 16.6. The van der Waals surface area contributed by atoms with E-state index in [9.17, 15) is 22.8 Å². The molecule has 1 aromatic heterocycles. The van der Waals surface area contributed by atoms with Crippen LogP contribution in [0.1, 0.15) is 41.4 Å². The van der Waals surface area contributed by atoms with Gasteiger partial charge in [-0.15, -0.1) is 0 Å². The summed E-state index contributed by atoms with van der Waals surface area (Å²) < 4.78 is 44.2. The number of piperidine rings is 1. The van der Waals surface area contributed by atoms with Gasteiger partial charge >= 0.3 is 18.2 Å². The lowest BCUT2D eigenvalue weighted by atomic mass is 10.0. The number of likely N-dealkylation sites (tertiary alicyclic amines) is 1. The summed E-state index contributed by atoms with van der Waals surface area (Å²) in [4.78, 5) is 40.5. The fraction of sp³-hybridized carbons (Fsp3) is 0.447. The first kappa shape index (κ1) is 36.8. The number of hydrogen-bond acceptors (Lipinski definition) is 6. The predicted molar refractivity (Wildman–Crippen MR) is 200 cm³/mol. The predicted octanol–water partition coefficient (Wildman–Crippen LogP) is 6.09. The van der Waals surface area contributed by atoms with E-state index >= 15 is 0 Å². The highest BCUT2D eigenvalue weighted by Crippen LogP contribution is 2.39. The van der Waals surface area contributed by atoms with E-state index in [4.69, 9.17) is 22.3 Å². The van der Waals surface area contributed by atoms with Crippen LogP contribution in [0.3, 0.4) is 0 Å². The van der Waals surface area contributed by atoms with E-state index < -0.39 is 23.5 Å². The van der Waals surface area contributed by atoms with Gasteiger partial charge in [0.25, 0.3) is 0 Å². The molecule has 11 nitrogen and oxygen atoms in total. The molecule has 0 spiro atoms. The molecule has 1 unspecified atom stereocenters. The molecule has 15 heteroatoms. The molecule has 282 valence electrons. The molecule has 4 aromatic rings. The summed E-state index contributed by atoms with van der Waals surface area (Å²) in [5.41, 5.74) is 8.01. The Morgan fingerprint density at radius 1 is 1.00 bits per heavy atom. The number of nitrogens with two attached hydrogens (primary N) is 1. The van der Waals surface area contributed by atoms with Gasteiger partial charge in [-0.3, -0.25) is 4.90 Å². The molecule has 1 atom stereocenters. The minimum atomic E-state index is -4.71. The maximum Gasteiger partial charge on any atom is 0.418 e. The highest BCUT2D eigenvalue weighted by atomic mass is 35.5. The number of nitrogens with zero attached hydrogens (tertiary/aromatic N) is 6. The van der Waals surface area contributed by atoms with Crippen LogP contribution in [0.15, 0.2) is 60.7 Å². The molecular weight excluding hydrogens is 707 g/mol. The van der Waals surface area contributed by atoms with Crippen LogP contribution >= 0.6 is 11.6 Å². The van der Waals surface area contributed by atoms with E-state index in [1.54, 1.807) is 4.90 Å². The minimum absolute atomic E-state index is 0.00236. The van der Waals surface area contributed by atoms with Crippen LogP contribution in [0.25, 0.3) is 11.0 Å². The molecule has 7 rings (SSSR count). The third-order valence-electron chi connectivity index (χ3n) is 10.8. The largest absolute Gasteiger partial charge is 0.418 e. The first-order valence-corrected chi connectivity index (χ1v) is 18.5. The lowest BCUT2D eigenvalue weighted by molar-refractivity contribution is -0.137. The van der Waals surface area contributed by atoms with Crippen molar-refractivity contribution in [3.05, 3.63) is 88.2 Å². The van der Waals surface area contributed by atoms with Gasteiger partial charge in [-0.1, -0.05) is 41.9 Å². The Bertz CT molecular complexity index is 1950. The number of amides is 4. The number of para-hydroxylation sites is 3. The molecule has 53 heavy (non-hydrogen) atoms. The Morgan fingerprint density at radius 3 is 2.47 bits per heavy atom. The minimum Gasteiger partial charge on any atom is -0.397 e. The van der Waals surface area contributed by atoms with Crippen LogP contribution in [-0.4, -0.2) is 107 Å². The number of benzene rings is 3. The number of urea groups is 2.